The van der Waals surface area contributed by atoms with Crippen LogP contribution in [0, 0.1) is 6.42 Å². The predicted octanol–water partition coefficient (Wildman–Crippen LogP) is 4.89. The van der Waals surface area contributed by atoms with Crippen LogP contribution in [-0.4, -0.2) is 41.1 Å². The van der Waals surface area contributed by atoms with Gasteiger partial charge < -0.3 is 18.6 Å². The van der Waals surface area contributed by atoms with Crippen molar-refractivity contribution in [3.8, 4) is 0 Å². The van der Waals surface area contributed by atoms with Gasteiger partial charge in [-0.05, 0) is 40.0 Å². The van der Waals surface area contributed by atoms with Crippen molar-refractivity contribution in [1.29, 1.82) is 0 Å². The van der Waals surface area contributed by atoms with Gasteiger partial charge >= 0.3 is 8.80 Å². The molecule has 0 aliphatic rings. The molecule has 5 nitrogen and oxygen atoms in total. The van der Waals surface area contributed by atoms with E-state index in [1.54, 1.807) is 0 Å². The summed E-state index contributed by atoms with van der Waals surface area (Å²) in [5.41, 5.74) is 0. The van der Waals surface area contributed by atoms with Crippen molar-refractivity contribution >= 4 is 14.7 Å². The van der Waals surface area contributed by atoms with Crippen molar-refractivity contribution in [3.05, 3.63) is 6.42 Å². The zero-order valence-corrected chi connectivity index (χ0v) is 18.6. The fraction of sp³-hybridized carbons (Fsp3) is 0.900. The third-order valence-corrected chi connectivity index (χ3v) is 7.31. The lowest BCUT2D eigenvalue weighted by atomic mass is 10.1. The van der Waals surface area contributed by atoms with E-state index in [0.29, 0.717) is 32.8 Å². The van der Waals surface area contributed by atoms with E-state index in [4.69, 9.17) is 13.3 Å². The lowest BCUT2D eigenvalue weighted by molar-refractivity contribution is -0.121. The molecule has 0 atom stereocenters. The summed E-state index contributed by atoms with van der Waals surface area (Å²) in [5, 5.41) is 3.00. The first-order valence-corrected chi connectivity index (χ1v) is 12.6. The van der Waals surface area contributed by atoms with Gasteiger partial charge in [-0.3, -0.25) is 4.79 Å². The van der Waals surface area contributed by atoms with E-state index in [1.165, 1.54) is 32.1 Å². The van der Waals surface area contributed by atoms with Crippen LogP contribution in [0.2, 0.25) is 6.04 Å². The molecule has 6 heteroatoms. The Morgan fingerprint density at radius 2 is 1.46 bits per heavy atom. The molecule has 0 unspecified atom stereocenters. The first-order valence-electron chi connectivity index (χ1n) is 10.6. The third kappa shape index (κ3) is 13.7. The summed E-state index contributed by atoms with van der Waals surface area (Å²) in [7, 11) is -2.58. The van der Waals surface area contributed by atoms with Crippen molar-refractivity contribution in [1.82, 2.24) is 5.32 Å². The van der Waals surface area contributed by atoms with Gasteiger partial charge in [-0.1, -0.05) is 45.4 Å². The average Bonchev–Trinajstić information content (AvgIpc) is 2.62. The van der Waals surface area contributed by atoms with E-state index in [-0.39, 0.29) is 5.91 Å². The summed E-state index contributed by atoms with van der Waals surface area (Å²) in [5.74, 6) is 0.128. The number of hydrogen-bond donors (Lipinski definition) is 1. The van der Waals surface area contributed by atoms with Crippen LogP contribution < -0.4 is 5.32 Å². The van der Waals surface area contributed by atoms with E-state index in [2.05, 4.69) is 18.7 Å². The van der Waals surface area contributed by atoms with Crippen molar-refractivity contribution in [2.45, 2.75) is 91.5 Å². The predicted molar refractivity (Wildman–Crippen MR) is 110 cm³/mol. The lowest BCUT2D eigenvalue weighted by Gasteiger charge is -2.28. The summed E-state index contributed by atoms with van der Waals surface area (Å²) in [6, 6.07) is 0.743. The molecule has 0 fully saturated rings. The maximum Gasteiger partial charge on any atom is 0.500 e. The molecule has 1 radical (unpaired) electrons. The second kappa shape index (κ2) is 18.0. The van der Waals surface area contributed by atoms with Crippen molar-refractivity contribution in [2.24, 2.45) is 0 Å². The van der Waals surface area contributed by atoms with Gasteiger partial charge in [-0.25, -0.2) is 0 Å². The van der Waals surface area contributed by atoms with Crippen LogP contribution in [0.15, 0.2) is 0 Å². The van der Waals surface area contributed by atoms with Gasteiger partial charge in [0.1, 0.15) is 0 Å². The summed E-state index contributed by atoms with van der Waals surface area (Å²) in [6.07, 6.45) is 12.2. The van der Waals surface area contributed by atoms with Crippen LogP contribution in [0.3, 0.4) is 0 Å². The third-order valence-electron chi connectivity index (χ3n) is 4.16. The van der Waals surface area contributed by atoms with Gasteiger partial charge in [0.05, 0.1) is 0 Å². The summed E-state index contributed by atoms with van der Waals surface area (Å²) in [4.78, 5) is 11.9. The Hall–Kier alpha value is -0.433. The van der Waals surface area contributed by atoms with Gasteiger partial charge in [0.25, 0.3) is 0 Å². The number of rotatable bonds is 19. The van der Waals surface area contributed by atoms with Crippen LogP contribution in [-0.2, 0) is 18.1 Å². The minimum atomic E-state index is -2.58. The fourth-order valence-corrected chi connectivity index (χ4v) is 5.50. The molecule has 0 bridgehead atoms. The Morgan fingerprint density at radius 3 is 2.04 bits per heavy atom. The first kappa shape index (κ1) is 25.6. The first-order chi connectivity index (χ1) is 12.6. The molecule has 0 aromatic carbocycles. The molecule has 1 N–H and O–H groups in total. The van der Waals surface area contributed by atoms with Crippen LogP contribution in [0.5, 0.6) is 0 Å². The highest BCUT2D eigenvalue weighted by Gasteiger charge is 2.39. The van der Waals surface area contributed by atoms with E-state index >= 15 is 0 Å². The molecule has 0 aromatic heterocycles. The highest BCUT2D eigenvalue weighted by molar-refractivity contribution is 6.60. The zero-order valence-electron chi connectivity index (χ0n) is 17.6. The molecular weight excluding hydrogens is 346 g/mol. The molecule has 0 saturated heterocycles. The van der Waals surface area contributed by atoms with Gasteiger partial charge in [0, 0.05) is 38.8 Å². The molecule has 26 heavy (non-hydrogen) atoms. The van der Waals surface area contributed by atoms with Crippen molar-refractivity contribution < 1.29 is 18.1 Å². The highest BCUT2D eigenvalue weighted by atomic mass is 28.4. The lowest BCUT2D eigenvalue weighted by Crippen LogP contribution is -2.46. The summed E-state index contributed by atoms with van der Waals surface area (Å²) >= 11 is 0. The van der Waals surface area contributed by atoms with Gasteiger partial charge in [0.15, 0.2) is 0 Å². The number of nitrogens with one attached hydrogen (secondary N) is 1. The van der Waals surface area contributed by atoms with Gasteiger partial charge in [-0.15, -0.1) is 0 Å². The van der Waals surface area contributed by atoms with Gasteiger partial charge in [-0.2, -0.15) is 0 Å². The fourth-order valence-electron chi connectivity index (χ4n) is 2.89. The molecule has 1 amide bonds. The molecular formula is C20H42NO4Si. The largest absolute Gasteiger partial charge is 0.500 e. The smallest absolute Gasteiger partial charge is 0.374 e. The van der Waals surface area contributed by atoms with E-state index in [1.807, 2.05) is 20.8 Å². The quantitative estimate of drug-likeness (QED) is 0.253. The Labute approximate surface area is 162 Å². The average molecular weight is 389 g/mol. The number of carbonyl (C=O) groups is 1. The Bertz CT molecular complexity index is 312. The number of carbonyl (C=O) groups excluding carboxylic acids is 1. The maximum absolute atomic E-state index is 11.9. The minimum absolute atomic E-state index is 0.128. The summed E-state index contributed by atoms with van der Waals surface area (Å²) in [6.45, 7) is 10.5. The summed E-state index contributed by atoms with van der Waals surface area (Å²) < 4.78 is 17.5. The minimum Gasteiger partial charge on any atom is -0.374 e. The van der Waals surface area contributed by atoms with Crippen LogP contribution >= 0.6 is 0 Å². The normalized spacial score (nSPS) is 11.7. The number of amides is 1. The van der Waals surface area contributed by atoms with E-state index in [0.717, 1.165) is 25.3 Å². The molecule has 0 saturated carbocycles. The molecule has 155 valence electrons. The SMILES string of the molecule is CCCCCCC[CH]CCC(=O)NCCC[Si](OCC)(OCC)OCC. The second-order valence-electron chi connectivity index (χ2n) is 6.47. The monoisotopic (exact) mass is 388 g/mol. The van der Waals surface area contributed by atoms with Crippen LogP contribution in [0.4, 0.5) is 0 Å². The van der Waals surface area contributed by atoms with Crippen molar-refractivity contribution in [2.75, 3.05) is 26.4 Å². The Balaban J connectivity index is 3.78. The Kier molecular flexibility index (Phi) is 17.7. The molecule has 0 spiro atoms. The van der Waals surface area contributed by atoms with Crippen LogP contribution in [0.25, 0.3) is 0 Å². The van der Waals surface area contributed by atoms with Gasteiger partial charge in [0.2, 0.25) is 5.91 Å². The molecule has 0 rings (SSSR count). The molecule has 0 aliphatic heterocycles. The molecule has 0 heterocycles. The Morgan fingerprint density at radius 1 is 0.846 bits per heavy atom. The standard InChI is InChI=1S/C20H42NO4Si/c1-5-9-10-11-12-13-14-15-17-20(22)21-18-16-19-26(23-6-2,24-7-3)25-8-4/h14H,5-13,15-19H2,1-4H3,(H,21,22). The molecule has 0 aromatic rings. The van der Waals surface area contributed by atoms with Crippen molar-refractivity contribution in [3.63, 3.8) is 0 Å². The number of hydrogen-bond acceptors (Lipinski definition) is 4. The topological polar surface area (TPSA) is 56.8 Å². The van der Waals surface area contributed by atoms with E-state index in [9.17, 15) is 4.79 Å². The maximum atomic E-state index is 11.9. The highest BCUT2D eigenvalue weighted by Crippen LogP contribution is 2.17. The molecule has 0 aliphatic carbocycles. The van der Waals surface area contributed by atoms with E-state index < -0.39 is 8.80 Å². The second-order valence-corrected chi connectivity index (χ2v) is 9.20. The van der Waals surface area contributed by atoms with Crippen LogP contribution in [0.1, 0.15) is 85.5 Å². The number of unbranched alkanes of at least 4 members (excludes halogenated alkanes) is 7. The zero-order chi connectivity index (χ0) is 19.5.